The van der Waals surface area contributed by atoms with E-state index < -0.39 is 0 Å². The van der Waals surface area contributed by atoms with Gasteiger partial charge >= 0.3 is 0 Å². The Morgan fingerprint density at radius 3 is 2.79 bits per heavy atom. The van der Waals surface area contributed by atoms with Gasteiger partial charge in [0.15, 0.2) is 0 Å². The third kappa shape index (κ3) is 3.76. The monoisotopic (exact) mass is 191 g/mol. The molecule has 74 valence electrons. The van der Waals surface area contributed by atoms with E-state index in [4.69, 9.17) is 9.84 Å². The number of hydrogen-bond donors (Lipinski definition) is 1. The van der Waals surface area contributed by atoms with E-state index in [1.165, 1.54) is 6.20 Å². The van der Waals surface area contributed by atoms with Crippen molar-refractivity contribution in [3.8, 4) is 0 Å². The zero-order chi connectivity index (χ0) is 10.2. The Kier molecular flexibility index (Phi) is 4.27. The highest BCUT2D eigenvalue weighted by Gasteiger charge is 1.87. The van der Waals surface area contributed by atoms with Gasteiger partial charge in [-0.1, -0.05) is 30.3 Å². The van der Waals surface area contributed by atoms with Crippen LogP contribution >= 0.6 is 0 Å². The predicted molar refractivity (Wildman–Crippen MR) is 56.4 cm³/mol. The normalized spacial score (nSPS) is 11.9. The summed E-state index contributed by atoms with van der Waals surface area (Å²) in [5.74, 6) is -0.167. The number of benzene rings is 1. The summed E-state index contributed by atoms with van der Waals surface area (Å²) in [4.78, 5) is 3.90. The fourth-order valence-corrected chi connectivity index (χ4v) is 0.911. The van der Waals surface area contributed by atoms with Crippen molar-refractivity contribution in [1.82, 2.24) is 0 Å². The summed E-state index contributed by atoms with van der Waals surface area (Å²) in [5, 5.41) is 9.05. The Hall–Kier alpha value is -1.77. The summed E-state index contributed by atoms with van der Waals surface area (Å²) >= 11 is 0. The minimum atomic E-state index is -0.167. The van der Waals surface area contributed by atoms with E-state index in [2.05, 4.69) is 4.99 Å². The van der Waals surface area contributed by atoms with Crippen LogP contribution in [0.1, 0.15) is 12.5 Å². The first-order chi connectivity index (χ1) is 6.83. The maximum absolute atomic E-state index is 9.05. The van der Waals surface area contributed by atoms with E-state index >= 15 is 0 Å². The van der Waals surface area contributed by atoms with E-state index in [1.807, 2.05) is 30.3 Å². The van der Waals surface area contributed by atoms with Gasteiger partial charge in [0.1, 0.15) is 6.20 Å². The van der Waals surface area contributed by atoms with Crippen LogP contribution < -0.4 is 0 Å². The van der Waals surface area contributed by atoms with Crippen LogP contribution in [-0.4, -0.2) is 17.9 Å². The average molecular weight is 191 g/mol. The van der Waals surface area contributed by atoms with Gasteiger partial charge in [-0.25, -0.2) is 0 Å². The molecule has 1 aromatic carbocycles. The van der Waals surface area contributed by atoms with Gasteiger partial charge in [0.2, 0.25) is 0 Å². The highest BCUT2D eigenvalue weighted by Crippen LogP contribution is 1.95. The first kappa shape index (κ1) is 10.3. The fourth-order valence-electron chi connectivity index (χ4n) is 0.911. The number of aliphatic hydroxyl groups is 1. The quantitative estimate of drug-likeness (QED) is 0.586. The molecule has 14 heavy (non-hydrogen) atoms. The standard InChI is InChI=1S/C11H13NO2/c1-2-14-11(13)9-12-8-10-6-4-3-5-7-10/h3-9,13H,2H2,1H3/b11-9+,12-8?. The van der Waals surface area contributed by atoms with Crippen molar-refractivity contribution in [2.45, 2.75) is 6.92 Å². The lowest BCUT2D eigenvalue weighted by Crippen LogP contribution is -1.88. The molecule has 0 aliphatic heterocycles. The zero-order valence-electron chi connectivity index (χ0n) is 8.05. The van der Waals surface area contributed by atoms with Gasteiger partial charge in [0.25, 0.3) is 5.95 Å². The van der Waals surface area contributed by atoms with Crippen molar-refractivity contribution in [3.63, 3.8) is 0 Å². The van der Waals surface area contributed by atoms with Crippen LogP contribution in [0, 0.1) is 0 Å². The Balaban J connectivity index is 2.53. The molecule has 0 fully saturated rings. The minimum Gasteiger partial charge on any atom is -0.480 e. The topological polar surface area (TPSA) is 41.8 Å². The first-order valence-electron chi connectivity index (χ1n) is 4.43. The lowest BCUT2D eigenvalue weighted by Gasteiger charge is -1.96. The average Bonchev–Trinajstić information content (AvgIpc) is 2.20. The third-order valence-electron chi connectivity index (χ3n) is 1.50. The van der Waals surface area contributed by atoms with Crippen LogP contribution in [0.3, 0.4) is 0 Å². The second kappa shape index (κ2) is 5.80. The van der Waals surface area contributed by atoms with Crippen LogP contribution in [0.4, 0.5) is 0 Å². The molecule has 0 saturated carbocycles. The Labute approximate surface area is 83.4 Å². The molecule has 0 atom stereocenters. The molecule has 1 rings (SSSR count). The molecule has 0 saturated heterocycles. The number of aliphatic hydroxyl groups excluding tert-OH is 1. The maximum Gasteiger partial charge on any atom is 0.295 e. The summed E-state index contributed by atoms with van der Waals surface area (Å²) in [5.41, 5.74) is 0.980. The van der Waals surface area contributed by atoms with Crippen molar-refractivity contribution < 1.29 is 9.84 Å². The second-order valence-corrected chi connectivity index (χ2v) is 2.59. The number of aliphatic imine (C=N–C) groups is 1. The zero-order valence-corrected chi connectivity index (χ0v) is 8.05. The lowest BCUT2D eigenvalue weighted by molar-refractivity contribution is 0.101. The molecule has 0 aliphatic carbocycles. The maximum atomic E-state index is 9.05. The molecule has 0 spiro atoms. The molecular weight excluding hydrogens is 178 g/mol. The molecule has 0 aliphatic rings. The van der Waals surface area contributed by atoms with E-state index in [1.54, 1.807) is 13.1 Å². The van der Waals surface area contributed by atoms with E-state index in [0.717, 1.165) is 5.56 Å². The lowest BCUT2D eigenvalue weighted by atomic mass is 10.2. The van der Waals surface area contributed by atoms with Crippen molar-refractivity contribution in [2.75, 3.05) is 6.61 Å². The highest BCUT2D eigenvalue weighted by atomic mass is 16.6. The van der Waals surface area contributed by atoms with Crippen molar-refractivity contribution >= 4 is 6.21 Å². The molecule has 0 aromatic heterocycles. The van der Waals surface area contributed by atoms with Gasteiger partial charge in [0.05, 0.1) is 6.61 Å². The van der Waals surface area contributed by atoms with E-state index in [-0.39, 0.29) is 5.95 Å². The van der Waals surface area contributed by atoms with Crippen LogP contribution in [0.5, 0.6) is 0 Å². The number of hydrogen-bond acceptors (Lipinski definition) is 3. The van der Waals surface area contributed by atoms with Gasteiger partial charge in [-0.05, 0) is 12.5 Å². The van der Waals surface area contributed by atoms with Gasteiger partial charge in [-0.15, -0.1) is 0 Å². The molecule has 1 aromatic rings. The van der Waals surface area contributed by atoms with Crippen molar-refractivity contribution in [2.24, 2.45) is 4.99 Å². The van der Waals surface area contributed by atoms with E-state index in [9.17, 15) is 0 Å². The molecule has 0 unspecified atom stereocenters. The molecule has 0 radical (unpaired) electrons. The summed E-state index contributed by atoms with van der Waals surface area (Å²) < 4.78 is 4.78. The summed E-state index contributed by atoms with van der Waals surface area (Å²) in [6.07, 6.45) is 2.92. The molecule has 0 bridgehead atoms. The van der Waals surface area contributed by atoms with Gasteiger partial charge < -0.3 is 9.84 Å². The molecular formula is C11H13NO2. The fraction of sp³-hybridized carbons (Fsp3) is 0.182. The summed E-state index contributed by atoms with van der Waals surface area (Å²) in [6, 6.07) is 9.63. The van der Waals surface area contributed by atoms with E-state index in [0.29, 0.717) is 6.61 Å². The molecule has 3 nitrogen and oxygen atoms in total. The molecule has 1 N–H and O–H groups in total. The van der Waals surface area contributed by atoms with Gasteiger partial charge in [0, 0.05) is 6.21 Å². The van der Waals surface area contributed by atoms with Gasteiger partial charge in [-0.2, -0.15) is 0 Å². The van der Waals surface area contributed by atoms with Crippen molar-refractivity contribution in [1.29, 1.82) is 0 Å². The molecule has 3 heteroatoms. The SMILES string of the molecule is CCO/C(O)=C/N=Cc1ccccc1. The van der Waals surface area contributed by atoms with Crippen LogP contribution in [-0.2, 0) is 4.74 Å². The highest BCUT2D eigenvalue weighted by molar-refractivity contribution is 5.79. The predicted octanol–water partition coefficient (Wildman–Crippen LogP) is 2.50. The van der Waals surface area contributed by atoms with Crippen molar-refractivity contribution in [3.05, 3.63) is 48.0 Å². The Morgan fingerprint density at radius 1 is 1.43 bits per heavy atom. The number of nitrogens with zero attached hydrogens (tertiary/aromatic N) is 1. The van der Waals surface area contributed by atoms with Crippen LogP contribution in [0.25, 0.3) is 0 Å². The number of rotatable bonds is 4. The van der Waals surface area contributed by atoms with Crippen LogP contribution in [0.2, 0.25) is 0 Å². The summed E-state index contributed by atoms with van der Waals surface area (Å²) in [6.45, 7) is 2.23. The summed E-state index contributed by atoms with van der Waals surface area (Å²) in [7, 11) is 0. The minimum absolute atomic E-state index is 0.167. The third-order valence-corrected chi connectivity index (χ3v) is 1.50. The van der Waals surface area contributed by atoms with Crippen LogP contribution in [0.15, 0.2) is 47.5 Å². The molecule has 0 heterocycles. The largest absolute Gasteiger partial charge is 0.480 e. The first-order valence-corrected chi connectivity index (χ1v) is 4.43. The number of ether oxygens (including phenoxy) is 1. The molecule has 0 amide bonds. The second-order valence-electron chi connectivity index (χ2n) is 2.59. The van der Waals surface area contributed by atoms with Gasteiger partial charge in [-0.3, -0.25) is 4.99 Å². The smallest absolute Gasteiger partial charge is 0.295 e. The Morgan fingerprint density at radius 2 is 2.14 bits per heavy atom. The Bertz CT molecular complexity index is 317.